The molecule has 0 unspecified atom stereocenters. The van der Waals surface area contributed by atoms with Gasteiger partial charge in [0.2, 0.25) is 5.95 Å². The summed E-state index contributed by atoms with van der Waals surface area (Å²) in [6.07, 6.45) is 0. The van der Waals surface area contributed by atoms with Crippen molar-refractivity contribution in [1.82, 2.24) is 9.97 Å². The van der Waals surface area contributed by atoms with Crippen LogP contribution in [0.2, 0.25) is 5.02 Å². The smallest absolute Gasteiger partial charge is 0.222 e. The van der Waals surface area contributed by atoms with Gasteiger partial charge in [-0.05, 0) is 19.1 Å². The van der Waals surface area contributed by atoms with Gasteiger partial charge in [-0.25, -0.2) is 4.98 Å². The first-order valence-corrected chi connectivity index (χ1v) is 5.71. The van der Waals surface area contributed by atoms with E-state index in [1.165, 1.54) is 0 Å². The maximum atomic E-state index is 5.84. The summed E-state index contributed by atoms with van der Waals surface area (Å²) in [7, 11) is 0. The van der Waals surface area contributed by atoms with Crippen molar-refractivity contribution in [2.24, 2.45) is 0 Å². The quantitative estimate of drug-likeness (QED) is 0.877. The molecule has 1 aromatic carbocycles. The van der Waals surface area contributed by atoms with Crippen LogP contribution >= 0.6 is 11.6 Å². The van der Waals surface area contributed by atoms with Crippen molar-refractivity contribution >= 4 is 23.4 Å². The number of anilines is 2. The molecule has 2 rings (SSSR count). The second kappa shape index (κ2) is 5.01. The van der Waals surface area contributed by atoms with Crippen LogP contribution in [0.15, 0.2) is 30.3 Å². The van der Waals surface area contributed by atoms with Crippen LogP contribution in [-0.4, -0.2) is 16.5 Å². The second-order valence-electron chi connectivity index (χ2n) is 3.53. The van der Waals surface area contributed by atoms with E-state index in [1.54, 1.807) is 0 Å². The van der Waals surface area contributed by atoms with E-state index in [9.17, 15) is 0 Å². The third-order valence-corrected chi connectivity index (χ3v) is 2.49. The van der Waals surface area contributed by atoms with Gasteiger partial charge in [-0.2, -0.15) is 4.98 Å². The molecule has 0 saturated heterocycles. The highest BCUT2D eigenvalue weighted by Gasteiger charge is 2.04. The van der Waals surface area contributed by atoms with Crippen molar-refractivity contribution in [3.05, 3.63) is 35.4 Å². The van der Waals surface area contributed by atoms with Crippen LogP contribution in [0.5, 0.6) is 0 Å². The molecule has 0 aliphatic carbocycles. The fraction of sp³-hybridized carbons (Fsp3) is 0.167. The first-order chi connectivity index (χ1) is 8.19. The Labute approximate surface area is 105 Å². The van der Waals surface area contributed by atoms with Crippen LogP contribution in [-0.2, 0) is 0 Å². The van der Waals surface area contributed by atoms with Crippen molar-refractivity contribution < 1.29 is 0 Å². The Morgan fingerprint density at radius 1 is 1.24 bits per heavy atom. The van der Waals surface area contributed by atoms with E-state index in [0.29, 0.717) is 5.02 Å². The number of aromatic nitrogens is 2. The minimum Gasteiger partial charge on any atom is -0.370 e. The molecular formula is C12H13ClN4. The van der Waals surface area contributed by atoms with Gasteiger partial charge in [-0.1, -0.05) is 23.7 Å². The molecule has 0 aliphatic heterocycles. The largest absolute Gasteiger partial charge is 0.370 e. The summed E-state index contributed by atoms with van der Waals surface area (Å²) in [6.45, 7) is 2.79. The Balaban J connectivity index is 2.40. The summed E-state index contributed by atoms with van der Waals surface area (Å²) in [5, 5.41) is 3.81. The number of nitrogens with one attached hydrogen (secondary N) is 1. The monoisotopic (exact) mass is 248 g/mol. The van der Waals surface area contributed by atoms with Crippen LogP contribution in [0.1, 0.15) is 6.92 Å². The topological polar surface area (TPSA) is 63.8 Å². The van der Waals surface area contributed by atoms with Gasteiger partial charge in [-0.3, -0.25) is 0 Å². The molecule has 0 bridgehead atoms. The maximum Gasteiger partial charge on any atom is 0.222 e. The highest BCUT2D eigenvalue weighted by Crippen LogP contribution is 2.22. The van der Waals surface area contributed by atoms with Crippen molar-refractivity contribution in [1.29, 1.82) is 0 Å². The minimum absolute atomic E-state index is 0.258. The number of nitrogen functional groups attached to an aromatic ring is 1. The average molecular weight is 249 g/mol. The zero-order valence-electron chi connectivity index (χ0n) is 9.44. The van der Waals surface area contributed by atoms with Crippen LogP contribution in [0.3, 0.4) is 0 Å². The number of benzene rings is 1. The maximum absolute atomic E-state index is 5.84. The number of rotatable bonds is 3. The van der Waals surface area contributed by atoms with E-state index >= 15 is 0 Å². The SMILES string of the molecule is CCNc1cc(-c2ccc(Cl)cc2)nc(N)n1. The zero-order valence-corrected chi connectivity index (χ0v) is 10.2. The van der Waals surface area contributed by atoms with E-state index in [-0.39, 0.29) is 5.95 Å². The molecular weight excluding hydrogens is 236 g/mol. The minimum atomic E-state index is 0.258. The van der Waals surface area contributed by atoms with Gasteiger partial charge in [0.1, 0.15) is 5.82 Å². The number of nitrogens with two attached hydrogens (primary N) is 1. The average Bonchev–Trinajstić information content (AvgIpc) is 2.29. The number of hydrogen-bond acceptors (Lipinski definition) is 4. The molecule has 0 fully saturated rings. The highest BCUT2D eigenvalue weighted by molar-refractivity contribution is 6.30. The summed E-state index contributed by atoms with van der Waals surface area (Å²) in [5.74, 6) is 0.985. The Kier molecular flexibility index (Phi) is 3.44. The third kappa shape index (κ3) is 2.85. The van der Waals surface area contributed by atoms with Gasteiger partial charge < -0.3 is 11.1 Å². The molecule has 4 nitrogen and oxygen atoms in total. The summed E-state index contributed by atoms with van der Waals surface area (Å²) in [4.78, 5) is 8.30. The van der Waals surface area contributed by atoms with Crippen molar-refractivity contribution in [2.45, 2.75) is 6.92 Å². The Morgan fingerprint density at radius 3 is 2.59 bits per heavy atom. The van der Waals surface area contributed by atoms with Crippen LogP contribution < -0.4 is 11.1 Å². The first kappa shape index (κ1) is 11.7. The molecule has 0 saturated carbocycles. The van der Waals surface area contributed by atoms with Crippen molar-refractivity contribution in [2.75, 3.05) is 17.6 Å². The fourth-order valence-electron chi connectivity index (χ4n) is 1.51. The van der Waals surface area contributed by atoms with Gasteiger partial charge in [0.25, 0.3) is 0 Å². The molecule has 0 atom stereocenters. The first-order valence-electron chi connectivity index (χ1n) is 5.33. The fourth-order valence-corrected chi connectivity index (χ4v) is 1.63. The van der Waals surface area contributed by atoms with Crippen LogP contribution in [0, 0.1) is 0 Å². The Morgan fingerprint density at radius 2 is 1.94 bits per heavy atom. The molecule has 3 N–H and O–H groups in total. The number of hydrogen-bond donors (Lipinski definition) is 2. The molecule has 5 heteroatoms. The lowest BCUT2D eigenvalue weighted by Crippen LogP contribution is -2.04. The molecule has 17 heavy (non-hydrogen) atoms. The molecule has 1 heterocycles. The Bertz CT molecular complexity index is 510. The third-order valence-electron chi connectivity index (χ3n) is 2.24. The van der Waals surface area contributed by atoms with E-state index < -0.39 is 0 Å². The summed E-state index contributed by atoms with van der Waals surface area (Å²) >= 11 is 5.84. The summed E-state index contributed by atoms with van der Waals surface area (Å²) < 4.78 is 0. The van der Waals surface area contributed by atoms with Crippen molar-refractivity contribution in [3.63, 3.8) is 0 Å². The Hall–Kier alpha value is -1.81. The van der Waals surface area contributed by atoms with Crippen LogP contribution in [0.25, 0.3) is 11.3 Å². The van der Waals surface area contributed by atoms with Gasteiger partial charge >= 0.3 is 0 Å². The van der Waals surface area contributed by atoms with Gasteiger partial charge in [0.15, 0.2) is 0 Å². The molecule has 88 valence electrons. The van der Waals surface area contributed by atoms with E-state index in [1.807, 2.05) is 37.3 Å². The predicted molar refractivity (Wildman–Crippen MR) is 71.1 cm³/mol. The lowest BCUT2D eigenvalue weighted by atomic mass is 10.1. The normalized spacial score (nSPS) is 10.2. The van der Waals surface area contributed by atoms with Gasteiger partial charge in [0, 0.05) is 23.2 Å². The van der Waals surface area contributed by atoms with E-state index in [0.717, 1.165) is 23.6 Å². The summed E-state index contributed by atoms with van der Waals surface area (Å²) in [5.41, 5.74) is 7.41. The predicted octanol–water partition coefficient (Wildman–Crippen LogP) is 2.81. The molecule has 0 radical (unpaired) electrons. The number of nitrogens with zero attached hydrogens (tertiary/aromatic N) is 2. The molecule has 2 aromatic rings. The standard InChI is InChI=1S/C12H13ClN4/c1-2-15-11-7-10(16-12(14)17-11)8-3-5-9(13)6-4-8/h3-7H,2H2,1H3,(H3,14,15,16,17). The highest BCUT2D eigenvalue weighted by atomic mass is 35.5. The van der Waals surface area contributed by atoms with Gasteiger partial charge in [-0.15, -0.1) is 0 Å². The van der Waals surface area contributed by atoms with Crippen LogP contribution in [0.4, 0.5) is 11.8 Å². The second-order valence-corrected chi connectivity index (χ2v) is 3.97. The number of halogens is 1. The zero-order chi connectivity index (χ0) is 12.3. The van der Waals surface area contributed by atoms with Gasteiger partial charge in [0.05, 0.1) is 5.69 Å². The molecule has 1 aromatic heterocycles. The molecule has 0 aliphatic rings. The van der Waals surface area contributed by atoms with E-state index in [4.69, 9.17) is 17.3 Å². The summed E-state index contributed by atoms with van der Waals surface area (Å²) in [6, 6.07) is 9.31. The van der Waals surface area contributed by atoms with Crippen molar-refractivity contribution in [3.8, 4) is 11.3 Å². The lowest BCUT2D eigenvalue weighted by Gasteiger charge is -2.06. The molecule has 0 amide bonds. The lowest BCUT2D eigenvalue weighted by molar-refractivity contribution is 1.12. The van der Waals surface area contributed by atoms with E-state index in [2.05, 4.69) is 15.3 Å². The molecule has 0 spiro atoms.